The molecule has 1 saturated carbocycles. The molecule has 1 fully saturated rings. The van der Waals surface area contributed by atoms with Crippen LogP contribution in [0, 0.1) is 5.82 Å². The van der Waals surface area contributed by atoms with E-state index in [4.69, 9.17) is 0 Å². The highest BCUT2D eigenvalue weighted by Crippen LogP contribution is 2.41. The van der Waals surface area contributed by atoms with E-state index in [1.807, 2.05) is 30.3 Å². The van der Waals surface area contributed by atoms with Crippen LogP contribution >= 0.6 is 11.3 Å². The van der Waals surface area contributed by atoms with E-state index >= 15 is 0 Å². The van der Waals surface area contributed by atoms with Crippen LogP contribution in [0.2, 0.25) is 0 Å². The molecule has 4 rings (SSSR count). The van der Waals surface area contributed by atoms with Gasteiger partial charge < -0.3 is 5.32 Å². The van der Waals surface area contributed by atoms with Crippen LogP contribution in [0.25, 0.3) is 10.2 Å². The number of carbonyl (C=O) groups excluding carboxylic acids is 1. The summed E-state index contributed by atoms with van der Waals surface area (Å²) in [5, 5.41) is 3.94. The fourth-order valence-electron chi connectivity index (χ4n) is 3.73. The second kappa shape index (κ2) is 6.56. The minimum Gasteiger partial charge on any atom is -0.349 e. The number of thiazole rings is 1. The first-order chi connectivity index (χ1) is 12.2. The fourth-order valence-corrected chi connectivity index (χ4v) is 4.64. The molecule has 0 atom stereocenters. The molecule has 1 heterocycles. The van der Waals surface area contributed by atoms with Gasteiger partial charge in [0, 0.05) is 0 Å². The lowest BCUT2D eigenvalue weighted by Crippen LogP contribution is -2.42. The van der Waals surface area contributed by atoms with Crippen molar-refractivity contribution in [3.8, 4) is 0 Å². The van der Waals surface area contributed by atoms with Crippen molar-refractivity contribution in [2.75, 3.05) is 0 Å². The number of nitrogens with zero attached hydrogens (tertiary/aromatic N) is 1. The van der Waals surface area contributed by atoms with Gasteiger partial charge in [0.15, 0.2) is 0 Å². The van der Waals surface area contributed by atoms with E-state index in [-0.39, 0.29) is 11.7 Å². The largest absolute Gasteiger partial charge is 0.349 e. The van der Waals surface area contributed by atoms with Gasteiger partial charge in [-0.2, -0.15) is 0 Å². The first-order valence-corrected chi connectivity index (χ1v) is 9.38. The Morgan fingerprint density at radius 1 is 1.16 bits per heavy atom. The average molecular weight is 354 g/mol. The molecule has 0 aliphatic heterocycles. The Labute approximate surface area is 149 Å². The standard InChI is InChI=1S/C20H19FN2OS/c21-15-7-5-6-14(12-15)20(10-3-4-11-20)19(24)22-13-18-23-16-8-1-2-9-17(16)25-18/h1-2,5-9,12H,3-4,10-11,13H2,(H,22,24). The third-order valence-corrected chi connectivity index (χ3v) is 6.04. The number of benzene rings is 2. The number of carbonyl (C=O) groups is 1. The van der Waals surface area contributed by atoms with Gasteiger partial charge >= 0.3 is 0 Å². The number of hydrogen-bond acceptors (Lipinski definition) is 3. The molecule has 0 saturated heterocycles. The fraction of sp³-hybridized carbons (Fsp3) is 0.300. The maximum atomic E-state index is 13.7. The van der Waals surface area contributed by atoms with E-state index in [1.54, 1.807) is 17.4 Å². The van der Waals surface area contributed by atoms with Crippen molar-refractivity contribution in [2.45, 2.75) is 37.6 Å². The van der Waals surface area contributed by atoms with Gasteiger partial charge in [0.1, 0.15) is 10.8 Å². The van der Waals surface area contributed by atoms with Crippen molar-refractivity contribution in [3.05, 3.63) is 64.9 Å². The summed E-state index contributed by atoms with van der Waals surface area (Å²) in [6.07, 6.45) is 3.51. The molecule has 1 aromatic heterocycles. The Balaban J connectivity index is 1.55. The topological polar surface area (TPSA) is 42.0 Å². The summed E-state index contributed by atoms with van der Waals surface area (Å²) in [5.74, 6) is -0.308. The van der Waals surface area contributed by atoms with Crippen LogP contribution in [-0.2, 0) is 16.8 Å². The second-order valence-electron chi connectivity index (χ2n) is 6.56. The number of rotatable bonds is 4. The van der Waals surface area contributed by atoms with Gasteiger partial charge in [-0.15, -0.1) is 11.3 Å². The lowest BCUT2D eigenvalue weighted by molar-refractivity contribution is -0.126. The first-order valence-electron chi connectivity index (χ1n) is 8.56. The highest BCUT2D eigenvalue weighted by atomic mass is 32.1. The van der Waals surface area contributed by atoms with Crippen molar-refractivity contribution in [1.29, 1.82) is 0 Å². The smallest absolute Gasteiger partial charge is 0.231 e. The number of fused-ring (bicyclic) bond motifs is 1. The maximum Gasteiger partial charge on any atom is 0.231 e. The minimum absolute atomic E-state index is 0.0187. The number of amides is 1. The zero-order chi connectivity index (χ0) is 17.3. The summed E-state index contributed by atoms with van der Waals surface area (Å²) < 4.78 is 14.8. The van der Waals surface area contributed by atoms with Crippen LogP contribution in [0.3, 0.4) is 0 Å². The zero-order valence-corrected chi connectivity index (χ0v) is 14.6. The van der Waals surface area contributed by atoms with Crippen LogP contribution in [0.4, 0.5) is 4.39 Å². The lowest BCUT2D eigenvalue weighted by atomic mass is 9.78. The molecule has 1 amide bonds. The first kappa shape index (κ1) is 16.2. The van der Waals surface area contributed by atoms with Crippen molar-refractivity contribution in [1.82, 2.24) is 10.3 Å². The molecule has 3 aromatic rings. The summed E-state index contributed by atoms with van der Waals surface area (Å²) in [7, 11) is 0. The minimum atomic E-state index is -0.612. The van der Waals surface area contributed by atoms with E-state index in [0.717, 1.165) is 46.5 Å². The lowest BCUT2D eigenvalue weighted by Gasteiger charge is -2.28. The molecule has 25 heavy (non-hydrogen) atoms. The molecular formula is C20H19FN2OS. The van der Waals surface area contributed by atoms with E-state index in [9.17, 15) is 9.18 Å². The number of hydrogen-bond donors (Lipinski definition) is 1. The van der Waals surface area contributed by atoms with Crippen LogP contribution in [0.1, 0.15) is 36.3 Å². The third-order valence-electron chi connectivity index (χ3n) is 5.01. The number of para-hydroxylation sites is 1. The van der Waals surface area contributed by atoms with Gasteiger partial charge in [0.05, 0.1) is 22.2 Å². The molecule has 1 aliphatic rings. The van der Waals surface area contributed by atoms with E-state index in [0.29, 0.717) is 6.54 Å². The number of nitrogens with one attached hydrogen (secondary N) is 1. The molecule has 1 N–H and O–H groups in total. The number of aromatic nitrogens is 1. The molecule has 3 nitrogen and oxygen atoms in total. The summed E-state index contributed by atoms with van der Waals surface area (Å²) in [6, 6.07) is 14.4. The summed E-state index contributed by atoms with van der Waals surface area (Å²) in [5.41, 5.74) is 1.13. The average Bonchev–Trinajstić information content (AvgIpc) is 3.27. The molecule has 0 unspecified atom stereocenters. The SMILES string of the molecule is O=C(NCc1nc2ccccc2s1)C1(c2cccc(F)c2)CCCC1. The van der Waals surface area contributed by atoms with Gasteiger partial charge in [0.25, 0.3) is 0 Å². The predicted octanol–water partition coefficient (Wildman–Crippen LogP) is 4.56. The van der Waals surface area contributed by atoms with Gasteiger partial charge in [-0.25, -0.2) is 9.37 Å². The summed E-state index contributed by atoms with van der Waals surface area (Å²) in [4.78, 5) is 17.6. The highest BCUT2D eigenvalue weighted by Gasteiger charge is 2.42. The summed E-state index contributed by atoms with van der Waals surface area (Å²) in [6.45, 7) is 0.412. The maximum absolute atomic E-state index is 13.7. The van der Waals surface area contributed by atoms with E-state index in [1.165, 1.54) is 12.1 Å². The second-order valence-corrected chi connectivity index (χ2v) is 7.67. The molecule has 1 aliphatic carbocycles. The Hall–Kier alpha value is -2.27. The Bertz CT molecular complexity index is 882. The van der Waals surface area contributed by atoms with Gasteiger partial charge in [-0.1, -0.05) is 37.1 Å². The van der Waals surface area contributed by atoms with Crippen molar-refractivity contribution in [3.63, 3.8) is 0 Å². The normalized spacial score (nSPS) is 16.2. The summed E-state index contributed by atoms with van der Waals surface area (Å²) >= 11 is 1.59. The molecule has 128 valence electrons. The van der Waals surface area contributed by atoms with Crippen LogP contribution < -0.4 is 5.32 Å². The van der Waals surface area contributed by atoms with Crippen LogP contribution in [-0.4, -0.2) is 10.9 Å². The Morgan fingerprint density at radius 2 is 1.96 bits per heavy atom. The van der Waals surface area contributed by atoms with Gasteiger partial charge in [0.2, 0.25) is 5.91 Å². The quantitative estimate of drug-likeness (QED) is 0.746. The highest BCUT2D eigenvalue weighted by molar-refractivity contribution is 7.18. The van der Waals surface area contributed by atoms with Gasteiger partial charge in [-0.05, 0) is 42.7 Å². The Morgan fingerprint density at radius 3 is 2.72 bits per heavy atom. The molecule has 0 spiro atoms. The Kier molecular flexibility index (Phi) is 4.25. The molecule has 5 heteroatoms. The van der Waals surface area contributed by atoms with Crippen molar-refractivity contribution < 1.29 is 9.18 Å². The third kappa shape index (κ3) is 3.04. The van der Waals surface area contributed by atoms with E-state index in [2.05, 4.69) is 10.3 Å². The number of halogens is 1. The predicted molar refractivity (Wildman–Crippen MR) is 98.0 cm³/mol. The van der Waals surface area contributed by atoms with Gasteiger partial charge in [-0.3, -0.25) is 4.79 Å². The molecule has 0 bridgehead atoms. The van der Waals surface area contributed by atoms with E-state index < -0.39 is 5.41 Å². The zero-order valence-electron chi connectivity index (χ0n) is 13.8. The van der Waals surface area contributed by atoms with Crippen LogP contribution in [0.5, 0.6) is 0 Å². The van der Waals surface area contributed by atoms with Crippen LogP contribution in [0.15, 0.2) is 48.5 Å². The van der Waals surface area contributed by atoms with Crippen molar-refractivity contribution >= 4 is 27.5 Å². The molecule has 2 aromatic carbocycles. The monoisotopic (exact) mass is 354 g/mol. The molecule has 0 radical (unpaired) electrons. The molecular weight excluding hydrogens is 335 g/mol. The van der Waals surface area contributed by atoms with Crippen molar-refractivity contribution in [2.24, 2.45) is 0 Å².